The van der Waals surface area contributed by atoms with E-state index in [9.17, 15) is 18.0 Å². The van der Waals surface area contributed by atoms with Crippen LogP contribution in [0.1, 0.15) is 36.2 Å². The lowest BCUT2D eigenvalue weighted by Gasteiger charge is -2.44. The molecule has 6 nitrogen and oxygen atoms in total. The van der Waals surface area contributed by atoms with Crippen LogP contribution in [0.3, 0.4) is 0 Å². The fraction of sp³-hybridized carbons (Fsp3) is 0.520. The number of hydrogen-bond donors (Lipinski definition) is 1. The quantitative estimate of drug-likeness (QED) is 0.362. The van der Waals surface area contributed by atoms with E-state index in [1.165, 1.54) is 12.1 Å². The minimum atomic E-state index is -2.90. The molecular formula is C25H34BrF3N4O2Si. The van der Waals surface area contributed by atoms with Crippen LogP contribution in [0.25, 0.3) is 0 Å². The second-order valence-electron chi connectivity index (χ2n) is 10.6. The highest BCUT2D eigenvalue weighted by atomic mass is 79.9. The number of nitrogens with one attached hydrogen (secondary N) is 1. The number of pyridine rings is 1. The third kappa shape index (κ3) is 7.01. The Morgan fingerprint density at radius 1 is 1.22 bits per heavy atom. The number of carbonyl (C=O) groups excluding carboxylic acids is 1. The Morgan fingerprint density at radius 2 is 1.86 bits per heavy atom. The maximum Gasteiger partial charge on any atom is 0.264 e. The summed E-state index contributed by atoms with van der Waals surface area (Å²) in [6, 6.07) is 5.19. The molecule has 1 aliphatic rings. The summed E-state index contributed by atoms with van der Waals surface area (Å²) < 4.78 is 48.1. The molecule has 11 heteroatoms. The van der Waals surface area contributed by atoms with Crippen molar-refractivity contribution in [1.82, 2.24) is 9.88 Å². The van der Waals surface area contributed by atoms with E-state index in [0.717, 1.165) is 18.3 Å². The molecule has 1 saturated heterocycles. The summed E-state index contributed by atoms with van der Waals surface area (Å²) in [5.41, 5.74) is 0.103. The number of nitrogens with zero attached hydrogens (tertiary/aromatic N) is 3. The monoisotopic (exact) mass is 586 g/mol. The number of benzene rings is 1. The van der Waals surface area contributed by atoms with Gasteiger partial charge in [0.1, 0.15) is 5.82 Å². The molecule has 3 rings (SSSR count). The third-order valence-corrected chi connectivity index (χ3v) is 8.79. The van der Waals surface area contributed by atoms with Crippen LogP contribution in [0.4, 0.5) is 24.5 Å². The van der Waals surface area contributed by atoms with Gasteiger partial charge in [-0.05, 0) is 48.9 Å². The van der Waals surface area contributed by atoms with Crippen LogP contribution in [-0.4, -0.2) is 62.7 Å². The molecule has 2 atom stereocenters. The molecule has 0 bridgehead atoms. The number of ether oxygens (including phenoxy) is 1. The van der Waals surface area contributed by atoms with Crippen molar-refractivity contribution < 1.29 is 22.7 Å². The Balaban J connectivity index is 1.87. The highest BCUT2D eigenvalue weighted by Crippen LogP contribution is 2.35. The zero-order valence-corrected chi connectivity index (χ0v) is 24.1. The SMILES string of the molecule is C[C@@H]1CN(c2cc(F)c(Br)cc2NC(=O)c2cnc(OCC[Si](C)(C)C)cc2C(F)F)C[C@H](C)N1C. The molecule has 0 spiro atoms. The van der Waals surface area contributed by atoms with Crippen molar-refractivity contribution in [3.63, 3.8) is 0 Å². The average molecular weight is 588 g/mol. The third-order valence-electron chi connectivity index (χ3n) is 6.48. The minimum absolute atomic E-state index is 0.0609. The van der Waals surface area contributed by atoms with Crippen LogP contribution in [0.5, 0.6) is 5.88 Å². The zero-order chi connectivity index (χ0) is 26.8. The Hall–Kier alpha value is -2.11. The average Bonchev–Trinajstić information content (AvgIpc) is 2.78. The number of carbonyl (C=O) groups is 1. The van der Waals surface area contributed by atoms with Crippen molar-refractivity contribution in [2.75, 3.05) is 37.0 Å². The first kappa shape index (κ1) is 28.5. The first-order valence-electron chi connectivity index (χ1n) is 11.9. The van der Waals surface area contributed by atoms with Gasteiger partial charge in [-0.1, -0.05) is 19.6 Å². The van der Waals surface area contributed by atoms with Gasteiger partial charge >= 0.3 is 0 Å². The van der Waals surface area contributed by atoms with Crippen molar-refractivity contribution in [2.45, 2.75) is 58.0 Å². The molecule has 0 radical (unpaired) electrons. The van der Waals surface area contributed by atoms with Crippen LogP contribution in [0.2, 0.25) is 25.7 Å². The molecule has 2 heterocycles. The van der Waals surface area contributed by atoms with E-state index in [4.69, 9.17) is 4.74 Å². The predicted molar refractivity (Wildman–Crippen MR) is 144 cm³/mol. The number of likely N-dealkylation sites (N-methyl/N-ethyl adjacent to an activating group) is 1. The van der Waals surface area contributed by atoms with Gasteiger partial charge in [0.05, 0.1) is 28.0 Å². The first-order chi connectivity index (χ1) is 16.8. The Kier molecular flexibility index (Phi) is 9.10. The van der Waals surface area contributed by atoms with Crippen molar-refractivity contribution in [1.29, 1.82) is 0 Å². The van der Waals surface area contributed by atoms with E-state index in [0.29, 0.717) is 31.1 Å². The lowest BCUT2D eigenvalue weighted by molar-refractivity contribution is 0.101. The van der Waals surface area contributed by atoms with E-state index >= 15 is 0 Å². The number of rotatable bonds is 8. The topological polar surface area (TPSA) is 57.7 Å². The number of amides is 1. The molecule has 1 N–H and O–H groups in total. The smallest absolute Gasteiger partial charge is 0.264 e. The summed E-state index contributed by atoms with van der Waals surface area (Å²) >= 11 is 3.17. The zero-order valence-electron chi connectivity index (χ0n) is 21.5. The van der Waals surface area contributed by atoms with Crippen LogP contribution < -0.4 is 15.0 Å². The number of piperazine rings is 1. The Bertz CT molecular complexity index is 1090. The largest absolute Gasteiger partial charge is 0.478 e. The Morgan fingerprint density at radius 3 is 2.44 bits per heavy atom. The maximum atomic E-state index is 14.5. The summed E-state index contributed by atoms with van der Waals surface area (Å²) in [6.45, 7) is 12.3. The number of halogens is 4. The normalized spacial score (nSPS) is 19.0. The number of anilines is 2. The van der Waals surface area contributed by atoms with Crippen molar-refractivity contribution in [2.24, 2.45) is 0 Å². The molecule has 1 amide bonds. The molecule has 1 aromatic carbocycles. The summed E-state index contributed by atoms with van der Waals surface area (Å²) in [6.07, 6.45) is -1.79. The molecule has 2 aromatic rings. The van der Waals surface area contributed by atoms with Gasteiger partial charge in [-0.3, -0.25) is 9.69 Å². The van der Waals surface area contributed by atoms with E-state index in [1.807, 2.05) is 11.9 Å². The summed E-state index contributed by atoms with van der Waals surface area (Å²) in [5.74, 6) is -1.16. The van der Waals surface area contributed by atoms with Gasteiger partial charge in [0.2, 0.25) is 5.88 Å². The van der Waals surface area contributed by atoms with Gasteiger partial charge in [-0.25, -0.2) is 18.2 Å². The van der Waals surface area contributed by atoms with Crippen LogP contribution in [-0.2, 0) is 0 Å². The highest BCUT2D eigenvalue weighted by molar-refractivity contribution is 9.10. The lowest BCUT2D eigenvalue weighted by Crippen LogP contribution is -2.55. The fourth-order valence-corrected chi connectivity index (χ4v) is 5.11. The number of alkyl halides is 2. The standard InChI is InChI=1S/C25H34BrF3N4O2Si/c1-15-13-33(14-16(2)32(15)3)22-11-20(27)19(26)10-21(22)31-25(34)18-12-30-23(9-17(18)24(28)29)35-7-8-36(4,5)6/h9-12,15-16,24H,7-8,13-14H2,1-6H3,(H,31,34)/t15-,16+. The van der Waals surface area contributed by atoms with Gasteiger partial charge in [-0.2, -0.15) is 0 Å². The molecule has 0 saturated carbocycles. The van der Waals surface area contributed by atoms with Gasteiger partial charge in [-0.15, -0.1) is 0 Å². The molecule has 1 aromatic heterocycles. The fourth-order valence-electron chi connectivity index (χ4n) is 4.05. The second kappa shape index (κ2) is 11.5. The lowest BCUT2D eigenvalue weighted by atomic mass is 10.1. The van der Waals surface area contributed by atoms with Crippen LogP contribution in [0, 0.1) is 5.82 Å². The van der Waals surface area contributed by atoms with Gasteiger partial charge in [0.15, 0.2) is 0 Å². The van der Waals surface area contributed by atoms with E-state index in [1.54, 1.807) is 0 Å². The summed E-state index contributed by atoms with van der Waals surface area (Å²) in [5, 5.41) is 2.71. The van der Waals surface area contributed by atoms with Crippen molar-refractivity contribution in [3.8, 4) is 5.88 Å². The van der Waals surface area contributed by atoms with E-state index < -0.39 is 31.8 Å². The second-order valence-corrected chi connectivity index (χ2v) is 17.1. The maximum absolute atomic E-state index is 14.5. The van der Waals surface area contributed by atoms with Gasteiger partial charge in [0, 0.05) is 57.1 Å². The van der Waals surface area contributed by atoms with E-state index in [-0.39, 0.29) is 28.0 Å². The van der Waals surface area contributed by atoms with Crippen molar-refractivity contribution in [3.05, 3.63) is 45.8 Å². The molecule has 1 fully saturated rings. The van der Waals surface area contributed by atoms with Gasteiger partial charge in [0.25, 0.3) is 12.3 Å². The van der Waals surface area contributed by atoms with Crippen LogP contribution >= 0.6 is 15.9 Å². The summed E-state index contributed by atoms with van der Waals surface area (Å²) in [4.78, 5) is 21.5. The molecule has 0 aliphatic carbocycles. The Labute approximate surface area is 220 Å². The number of hydrogen-bond acceptors (Lipinski definition) is 5. The molecule has 198 valence electrons. The number of aromatic nitrogens is 1. The predicted octanol–water partition coefficient (Wildman–Crippen LogP) is 6.42. The van der Waals surface area contributed by atoms with E-state index in [2.05, 4.69) is 64.6 Å². The first-order valence-corrected chi connectivity index (χ1v) is 16.4. The molecule has 0 unspecified atom stereocenters. The minimum Gasteiger partial charge on any atom is -0.478 e. The van der Waals surface area contributed by atoms with Crippen LogP contribution in [0.15, 0.2) is 28.9 Å². The molecular weight excluding hydrogens is 553 g/mol. The van der Waals surface area contributed by atoms with Gasteiger partial charge < -0.3 is 15.0 Å². The molecule has 36 heavy (non-hydrogen) atoms. The highest BCUT2D eigenvalue weighted by Gasteiger charge is 2.29. The summed E-state index contributed by atoms with van der Waals surface area (Å²) in [7, 11) is 0.675. The van der Waals surface area contributed by atoms with Crippen molar-refractivity contribution >= 4 is 41.3 Å². The molecule has 1 aliphatic heterocycles.